The zero-order valence-corrected chi connectivity index (χ0v) is 12.9. The minimum absolute atomic E-state index is 0.145. The van der Waals surface area contributed by atoms with Gasteiger partial charge in [-0.05, 0) is 25.0 Å². The Morgan fingerprint density at radius 1 is 1.30 bits per heavy atom. The maximum atomic E-state index is 12.7. The number of hydrogen-bond acceptors (Lipinski definition) is 5. The molecular weight excluding hydrogens is 300 g/mol. The first-order chi connectivity index (χ1) is 11.1. The van der Waals surface area contributed by atoms with Crippen molar-refractivity contribution in [3.8, 4) is 0 Å². The molecule has 0 N–H and O–H groups in total. The molecule has 23 heavy (non-hydrogen) atoms. The second-order valence-corrected chi connectivity index (χ2v) is 5.51. The normalized spacial score (nSPS) is 17.5. The van der Waals surface area contributed by atoms with E-state index in [1.54, 1.807) is 24.3 Å². The van der Waals surface area contributed by atoms with Gasteiger partial charge < -0.3 is 9.47 Å². The molecule has 7 heteroatoms. The second kappa shape index (κ2) is 6.37. The summed E-state index contributed by atoms with van der Waals surface area (Å²) in [6, 6.07) is 6.75. The van der Waals surface area contributed by atoms with Gasteiger partial charge >= 0.3 is 11.7 Å². The van der Waals surface area contributed by atoms with Gasteiger partial charge in [0.15, 0.2) is 0 Å². The number of hydrogen-bond donors (Lipinski definition) is 0. The quantitative estimate of drug-likeness (QED) is 0.768. The third kappa shape index (κ3) is 2.92. The Balaban J connectivity index is 2.17. The third-order valence-electron chi connectivity index (χ3n) is 4.06. The zero-order chi connectivity index (χ0) is 16.4. The monoisotopic (exact) mass is 318 g/mol. The van der Waals surface area contributed by atoms with Gasteiger partial charge in [0.1, 0.15) is 6.54 Å². The van der Waals surface area contributed by atoms with Crippen LogP contribution in [-0.2, 0) is 27.4 Å². The van der Waals surface area contributed by atoms with Crippen LogP contribution in [0.5, 0.6) is 0 Å². The molecule has 1 saturated heterocycles. The summed E-state index contributed by atoms with van der Waals surface area (Å²) in [7, 11) is 1.26. The Morgan fingerprint density at radius 3 is 2.78 bits per heavy atom. The number of fused-ring (bicyclic) bond motifs is 1. The van der Waals surface area contributed by atoms with Gasteiger partial charge in [0.05, 0.1) is 30.7 Å². The summed E-state index contributed by atoms with van der Waals surface area (Å²) in [6.07, 6.45) is 1.59. The molecule has 0 saturated carbocycles. The van der Waals surface area contributed by atoms with E-state index in [9.17, 15) is 14.4 Å². The number of aromatic nitrogens is 2. The number of esters is 1. The zero-order valence-electron chi connectivity index (χ0n) is 12.9. The van der Waals surface area contributed by atoms with Crippen LogP contribution in [0.1, 0.15) is 12.8 Å². The molecule has 0 radical (unpaired) electrons. The summed E-state index contributed by atoms with van der Waals surface area (Å²) in [4.78, 5) is 37.0. The Morgan fingerprint density at radius 2 is 2.09 bits per heavy atom. The number of methoxy groups -OCH3 is 1. The van der Waals surface area contributed by atoms with Crippen LogP contribution in [0, 0.1) is 0 Å². The lowest BCUT2D eigenvalue weighted by Crippen LogP contribution is -2.43. The number of carbonyl (C=O) groups is 1. The van der Waals surface area contributed by atoms with Crippen molar-refractivity contribution in [2.75, 3.05) is 13.7 Å². The molecule has 0 amide bonds. The summed E-state index contributed by atoms with van der Waals surface area (Å²) < 4.78 is 12.6. The Kier molecular flexibility index (Phi) is 4.29. The maximum absolute atomic E-state index is 12.7. The van der Waals surface area contributed by atoms with Crippen LogP contribution < -0.4 is 11.2 Å². The average Bonchev–Trinajstić information content (AvgIpc) is 3.08. The first-order valence-electron chi connectivity index (χ1n) is 7.52. The molecule has 0 aliphatic carbocycles. The summed E-state index contributed by atoms with van der Waals surface area (Å²) in [5.41, 5.74) is -0.451. The molecule has 1 aliphatic heterocycles. The van der Waals surface area contributed by atoms with E-state index in [1.807, 2.05) is 0 Å². The van der Waals surface area contributed by atoms with Crippen LogP contribution in [0.3, 0.4) is 0 Å². The third-order valence-corrected chi connectivity index (χ3v) is 4.06. The number of ether oxygens (including phenoxy) is 2. The first-order valence-corrected chi connectivity index (χ1v) is 7.52. The van der Waals surface area contributed by atoms with Crippen molar-refractivity contribution in [2.24, 2.45) is 0 Å². The van der Waals surface area contributed by atoms with Crippen molar-refractivity contribution in [3.05, 3.63) is 45.1 Å². The lowest BCUT2D eigenvalue weighted by Gasteiger charge is -2.15. The number of rotatable bonds is 4. The van der Waals surface area contributed by atoms with Crippen molar-refractivity contribution in [1.29, 1.82) is 0 Å². The molecule has 1 aromatic heterocycles. The van der Waals surface area contributed by atoms with Gasteiger partial charge in [-0.25, -0.2) is 4.79 Å². The molecule has 2 aromatic rings. The fourth-order valence-corrected chi connectivity index (χ4v) is 2.87. The van der Waals surface area contributed by atoms with E-state index < -0.39 is 11.7 Å². The molecule has 2 heterocycles. The lowest BCUT2D eigenvalue weighted by molar-refractivity contribution is -0.141. The predicted octanol–water partition coefficient (Wildman–Crippen LogP) is 0.515. The van der Waals surface area contributed by atoms with Crippen molar-refractivity contribution in [2.45, 2.75) is 32.0 Å². The van der Waals surface area contributed by atoms with Crippen molar-refractivity contribution in [1.82, 2.24) is 9.13 Å². The van der Waals surface area contributed by atoms with Gasteiger partial charge in [-0.3, -0.25) is 18.7 Å². The fourth-order valence-electron chi connectivity index (χ4n) is 2.87. The van der Waals surface area contributed by atoms with Gasteiger partial charge in [-0.1, -0.05) is 12.1 Å². The Bertz CT molecular complexity index is 846. The molecule has 122 valence electrons. The Hall–Kier alpha value is -2.41. The highest BCUT2D eigenvalue weighted by atomic mass is 16.5. The van der Waals surface area contributed by atoms with Gasteiger partial charge in [-0.2, -0.15) is 0 Å². The van der Waals surface area contributed by atoms with Gasteiger partial charge in [-0.15, -0.1) is 0 Å². The second-order valence-electron chi connectivity index (χ2n) is 5.51. The first kappa shape index (κ1) is 15.5. The molecule has 1 aromatic carbocycles. The Labute approximate surface area is 132 Å². The fraction of sp³-hybridized carbons (Fsp3) is 0.438. The summed E-state index contributed by atoms with van der Waals surface area (Å²) >= 11 is 0. The molecule has 1 unspecified atom stereocenters. The minimum atomic E-state index is -0.542. The topological polar surface area (TPSA) is 79.5 Å². The lowest BCUT2D eigenvalue weighted by atomic mass is 10.2. The van der Waals surface area contributed by atoms with E-state index in [0.29, 0.717) is 17.5 Å². The number of benzene rings is 1. The molecule has 1 fully saturated rings. The molecular formula is C16H18N2O5. The standard InChI is InChI=1S/C16H18N2O5/c1-22-14(19)10-17-13-7-3-2-6-12(13)15(20)18(16(17)21)9-11-5-4-8-23-11/h2-3,6-7,11H,4-5,8-10H2,1H3. The van der Waals surface area contributed by atoms with E-state index in [1.165, 1.54) is 11.7 Å². The smallest absolute Gasteiger partial charge is 0.332 e. The van der Waals surface area contributed by atoms with E-state index in [4.69, 9.17) is 4.74 Å². The molecule has 7 nitrogen and oxygen atoms in total. The minimum Gasteiger partial charge on any atom is -0.468 e. The summed E-state index contributed by atoms with van der Waals surface area (Å²) in [5.74, 6) is -0.542. The van der Waals surface area contributed by atoms with E-state index >= 15 is 0 Å². The van der Waals surface area contributed by atoms with Gasteiger partial charge in [0.2, 0.25) is 0 Å². The van der Waals surface area contributed by atoms with E-state index in [0.717, 1.165) is 17.4 Å². The SMILES string of the molecule is COC(=O)Cn1c(=O)n(CC2CCCO2)c(=O)c2ccccc21. The average molecular weight is 318 g/mol. The number of nitrogens with zero attached hydrogens (tertiary/aromatic N) is 2. The van der Waals surface area contributed by atoms with Crippen molar-refractivity contribution >= 4 is 16.9 Å². The van der Waals surface area contributed by atoms with Gasteiger partial charge in [0.25, 0.3) is 5.56 Å². The maximum Gasteiger partial charge on any atom is 0.332 e. The van der Waals surface area contributed by atoms with Crippen LogP contribution in [0.4, 0.5) is 0 Å². The largest absolute Gasteiger partial charge is 0.468 e. The molecule has 0 spiro atoms. The molecule has 1 aliphatic rings. The van der Waals surface area contributed by atoms with Crippen LogP contribution in [0.25, 0.3) is 10.9 Å². The highest BCUT2D eigenvalue weighted by molar-refractivity contribution is 5.79. The number of carbonyl (C=O) groups excluding carboxylic acids is 1. The highest BCUT2D eigenvalue weighted by Gasteiger charge is 2.21. The van der Waals surface area contributed by atoms with E-state index in [-0.39, 0.29) is 24.8 Å². The predicted molar refractivity (Wildman–Crippen MR) is 83.5 cm³/mol. The molecule has 0 bridgehead atoms. The van der Waals surface area contributed by atoms with Crippen LogP contribution in [0.2, 0.25) is 0 Å². The van der Waals surface area contributed by atoms with Crippen LogP contribution >= 0.6 is 0 Å². The molecule has 3 rings (SSSR count). The van der Waals surface area contributed by atoms with Crippen LogP contribution in [-0.4, -0.2) is 34.9 Å². The van der Waals surface area contributed by atoms with Gasteiger partial charge in [0, 0.05) is 6.61 Å². The summed E-state index contributed by atoms with van der Waals surface area (Å²) in [6.45, 7) is 0.606. The van der Waals surface area contributed by atoms with Crippen molar-refractivity contribution in [3.63, 3.8) is 0 Å². The summed E-state index contributed by atoms with van der Waals surface area (Å²) in [5, 5.41) is 0.397. The van der Waals surface area contributed by atoms with Crippen LogP contribution in [0.15, 0.2) is 33.9 Å². The highest BCUT2D eigenvalue weighted by Crippen LogP contribution is 2.13. The number of para-hydroxylation sites is 1. The molecule has 1 atom stereocenters. The van der Waals surface area contributed by atoms with E-state index in [2.05, 4.69) is 4.74 Å². The van der Waals surface area contributed by atoms with Crippen molar-refractivity contribution < 1.29 is 14.3 Å².